The molecule has 0 amide bonds. The Kier molecular flexibility index (Phi) is 6.54. The molecule has 0 radical (unpaired) electrons. The van der Waals surface area contributed by atoms with Crippen molar-refractivity contribution in [3.05, 3.63) is 125 Å². The van der Waals surface area contributed by atoms with E-state index >= 15 is 0 Å². The fourth-order valence-electron chi connectivity index (χ4n) is 9.76. The molecule has 0 bridgehead atoms. The van der Waals surface area contributed by atoms with Gasteiger partial charge < -0.3 is 0 Å². The summed E-state index contributed by atoms with van der Waals surface area (Å²) < 4.78 is 15.2. The maximum absolute atomic E-state index is 7.06. The summed E-state index contributed by atoms with van der Waals surface area (Å²) in [5, 5.41) is 2.85. The van der Waals surface area contributed by atoms with Gasteiger partial charge in [0, 0.05) is 0 Å². The van der Waals surface area contributed by atoms with Gasteiger partial charge in [-0.1, -0.05) is 0 Å². The molecule has 0 saturated heterocycles. The summed E-state index contributed by atoms with van der Waals surface area (Å²) in [4.78, 5) is 0. The van der Waals surface area contributed by atoms with E-state index in [4.69, 9.17) is 4.74 Å². The molecule has 3 nitrogen and oxygen atoms in total. The second-order valence-electron chi connectivity index (χ2n) is 16.2. The Morgan fingerprint density at radius 3 is 1.82 bits per heavy atom. The van der Waals surface area contributed by atoms with E-state index in [1.807, 2.05) is 0 Å². The first-order valence-corrected chi connectivity index (χ1v) is 20.7. The van der Waals surface area contributed by atoms with Crippen LogP contribution in [0.5, 0.6) is 11.5 Å². The van der Waals surface area contributed by atoms with Crippen molar-refractivity contribution in [1.29, 1.82) is 0 Å². The fraction of sp³-hybridized carbons (Fsp3) is 0.261. The number of para-hydroxylation sites is 2. The van der Waals surface area contributed by atoms with Crippen molar-refractivity contribution in [2.24, 2.45) is 0 Å². The number of hydrogen-bond donors (Lipinski definition) is 0. The Labute approximate surface area is 306 Å². The molecule has 0 N–H and O–H groups in total. The quantitative estimate of drug-likeness (QED) is 0.172. The number of nitrogens with zero attached hydrogens (tertiary/aromatic N) is 2. The Hall–Kier alpha value is -4.44. The molecular formula is C46H41BN2OSe. The van der Waals surface area contributed by atoms with Gasteiger partial charge in [0.2, 0.25) is 0 Å². The van der Waals surface area contributed by atoms with Crippen LogP contribution in [0.15, 0.2) is 97.1 Å². The minimum absolute atomic E-state index is 0.0248. The van der Waals surface area contributed by atoms with Gasteiger partial charge in [-0.2, -0.15) is 0 Å². The molecule has 5 heteroatoms. The first kappa shape index (κ1) is 30.2. The standard InChI is InChI=1S/C46H41BN2OSe/c1-46(2,3)28-24-42-45-44(25-28)51-43-27-30(49-39-18-10-6-14-33(39)34-15-7-11-19-40(34)49)21-23-36(43)47(45)35-22-20-29(26-41(35)50-42)48-37-16-8-4-12-31(37)32-13-5-9-17-38(32)48/h4,6,8,10,12,14,16,18,20-27H,5,7,9,11,13,15,17,19H2,1-3H3. The van der Waals surface area contributed by atoms with Gasteiger partial charge in [-0.3, -0.25) is 0 Å². The van der Waals surface area contributed by atoms with Gasteiger partial charge in [-0.05, 0) is 0 Å². The maximum atomic E-state index is 7.06. The third-order valence-corrected chi connectivity index (χ3v) is 14.6. The number of rotatable bonds is 2. The van der Waals surface area contributed by atoms with E-state index in [1.165, 1.54) is 120 Å². The molecular weight excluding hydrogens is 686 g/mol. The molecule has 5 aromatic carbocycles. The van der Waals surface area contributed by atoms with E-state index in [9.17, 15) is 0 Å². The molecule has 2 aliphatic carbocycles. The van der Waals surface area contributed by atoms with Crippen LogP contribution >= 0.6 is 0 Å². The van der Waals surface area contributed by atoms with Crippen LogP contribution in [-0.4, -0.2) is 30.8 Å². The Morgan fingerprint density at radius 2 is 1.18 bits per heavy atom. The third kappa shape index (κ3) is 4.44. The average molecular weight is 728 g/mol. The SMILES string of the molecule is CC(C)(C)c1cc2c3c(c1)[Se]c1cc(-n4c5c(c6ccccc64)CCCC5)ccc1B3c1ccc(-n3c4c(c5ccccc53)CCCC4)cc1O2. The van der Waals surface area contributed by atoms with Crippen molar-refractivity contribution < 1.29 is 4.74 Å². The first-order chi connectivity index (χ1) is 24.9. The van der Waals surface area contributed by atoms with Crippen molar-refractivity contribution >= 4 is 68.8 Å². The molecule has 0 spiro atoms. The molecule has 2 aromatic heterocycles. The van der Waals surface area contributed by atoms with Crippen molar-refractivity contribution in [3.63, 3.8) is 0 Å². The van der Waals surface area contributed by atoms with Crippen LogP contribution in [0, 0.1) is 0 Å². The van der Waals surface area contributed by atoms with Crippen LogP contribution in [0.2, 0.25) is 0 Å². The zero-order chi connectivity index (χ0) is 34.0. The average Bonchev–Trinajstić information content (AvgIpc) is 3.67. The number of aromatic nitrogens is 2. The summed E-state index contributed by atoms with van der Waals surface area (Å²) in [6.07, 6.45) is 9.72. The summed E-state index contributed by atoms with van der Waals surface area (Å²) in [5.74, 6) is 2.05. The van der Waals surface area contributed by atoms with Crippen LogP contribution in [0.3, 0.4) is 0 Å². The van der Waals surface area contributed by atoms with Crippen molar-refractivity contribution in [2.75, 3.05) is 0 Å². The molecule has 4 aliphatic rings. The molecule has 11 rings (SSSR count). The summed E-state index contributed by atoms with van der Waals surface area (Å²) >= 11 is 0.167. The summed E-state index contributed by atoms with van der Waals surface area (Å²) in [6, 6.07) is 37.4. The molecule has 4 heterocycles. The topological polar surface area (TPSA) is 19.1 Å². The Bertz CT molecular complexity index is 2430. The zero-order valence-corrected chi connectivity index (χ0v) is 31.4. The molecule has 250 valence electrons. The van der Waals surface area contributed by atoms with E-state index in [-0.39, 0.29) is 27.1 Å². The molecule has 0 saturated carbocycles. The second-order valence-corrected chi connectivity index (χ2v) is 18.5. The van der Waals surface area contributed by atoms with Crippen molar-refractivity contribution in [2.45, 2.75) is 77.6 Å². The molecule has 0 atom stereocenters. The molecule has 51 heavy (non-hydrogen) atoms. The van der Waals surface area contributed by atoms with Gasteiger partial charge >= 0.3 is 308 Å². The Morgan fingerprint density at radius 1 is 0.588 bits per heavy atom. The van der Waals surface area contributed by atoms with Crippen LogP contribution in [0.1, 0.15) is 74.5 Å². The summed E-state index contributed by atoms with van der Waals surface area (Å²) in [5.41, 5.74) is 16.8. The molecule has 0 unspecified atom stereocenters. The van der Waals surface area contributed by atoms with Crippen LogP contribution in [0.25, 0.3) is 33.2 Å². The normalized spacial score (nSPS) is 15.9. The number of hydrogen-bond acceptors (Lipinski definition) is 1. The van der Waals surface area contributed by atoms with Crippen LogP contribution in [-0.2, 0) is 31.1 Å². The van der Waals surface area contributed by atoms with E-state index < -0.39 is 0 Å². The van der Waals surface area contributed by atoms with Crippen molar-refractivity contribution in [1.82, 2.24) is 9.13 Å². The Balaban J connectivity index is 1.10. The zero-order valence-electron chi connectivity index (χ0n) is 29.7. The number of fused-ring (bicyclic) bond motifs is 10. The van der Waals surface area contributed by atoms with Gasteiger partial charge in [0.05, 0.1) is 0 Å². The van der Waals surface area contributed by atoms with E-state index in [1.54, 1.807) is 5.56 Å². The van der Waals surface area contributed by atoms with Gasteiger partial charge in [0.1, 0.15) is 0 Å². The van der Waals surface area contributed by atoms with Crippen LogP contribution in [0.4, 0.5) is 0 Å². The van der Waals surface area contributed by atoms with Gasteiger partial charge in [-0.15, -0.1) is 0 Å². The number of benzene rings is 5. The van der Waals surface area contributed by atoms with Crippen LogP contribution < -0.4 is 30.0 Å². The van der Waals surface area contributed by atoms with Gasteiger partial charge in [0.25, 0.3) is 0 Å². The van der Waals surface area contributed by atoms with E-state index in [0.29, 0.717) is 0 Å². The molecule has 7 aromatic rings. The molecule has 2 aliphatic heterocycles. The second kappa shape index (κ2) is 11.0. The molecule has 0 fully saturated rings. The van der Waals surface area contributed by atoms with E-state index in [0.717, 1.165) is 24.3 Å². The predicted octanol–water partition coefficient (Wildman–Crippen LogP) is 7.22. The van der Waals surface area contributed by atoms with E-state index in [2.05, 4.69) is 127 Å². The van der Waals surface area contributed by atoms with Gasteiger partial charge in [-0.25, -0.2) is 0 Å². The number of aryl methyl sites for hydroxylation is 2. The van der Waals surface area contributed by atoms with Crippen molar-refractivity contribution in [3.8, 4) is 22.9 Å². The monoisotopic (exact) mass is 728 g/mol. The third-order valence-electron chi connectivity index (χ3n) is 12.2. The minimum atomic E-state index is 0.0248. The first-order valence-electron chi connectivity index (χ1n) is 19.0. The summed E-state index contributed by atoms with van der Waals surface area (Å²) in [7, 11) is 0. The fourth-order valence-corrected chi connectivity index (χ4v) is 12.4. The summed E-state index contributed by atoms with van der Waals surface area (Å²) in [6.45, 7) is 7.15. The van der Waals surface area contributed by atoms with Gasteiger partial charge in [0.15, 0.2) is 0 Å². The number of ether oxygens (including phenoxy) is 1. The predicted molar refractivity (Wildman–Crippen MR) is 215 cm³/mol.